The van der Waals surface area contributed by atoms with Gasteiger partial charge in [-0.1, -0.05) is 5.16 Å². The highest BCUT2D eigenvalue weighted by molar-refractivity contribution is 6.00. The molecule has 0 aliphatic carbocycles. The van der Waals surface area contributed by atoms with Crippen molar-refractivity contribution in [1.29, 1.82) is 0 Å². The lowest BCUT2D eigenvalue weighted by molar-refractivity contribution is -0.193. The molecule has 0 radical (unpaired) electrons. The van der Waals surface area contributed by atoms with Gasteiger partial charge < -0.3 is 36.0 Å². The monoisotopic (exact) mass is 627 g/mol. The molecule has 2 amide bonds. The van der Waals surface area contributed by atoms with E-state index in [1.165, 1.54) is 6.33 Å². The SMILES string of the molecule is Cc1onc(-c2ccncn2)c1C(=O)N1CC2CCCC(C1)N2C(=O)[C@@H](N)CN.O=C(O)C(F)(F)F.O=C(O)C(F)(F)F. The molecule has 238 valence electrons. The highest BCUT2D eigenvalue weighted by atomic mass is 19.4. The number of alkyl halides is 6. The predicted molar refractivity (Wildman–Crippen MR) is 131 cm³/mol. The molecule has 2 aromatic rings. The second kappa shape index (κ2) is 14.2. The third kappa shape index (κ3) is 9.08. The number of nitrogens with two attached hydrogens (primary N) is 2. The lowest BCUT2D eigenvalue weighted by Gasteiger charge is -2.50. The fourth-order valence-corrected chi connectivity index (χ4v) is 4.31. The Balaban J connectivity index is 0.000000384. The Morgan fingerprint density at radius 3 is 1.98 bits per heavy atom. The van der Waals surface area contributed by atoms with E-state index < -0.39 is 30.3 Å². The maximum absolute atomic E-state index is 13.4. The quantitative estimate of drug-likeness (QED) is 0.352. The first-order valence-corrected chi connectivity index (χ1v) is 12.3. The number of piperidine rings is 1. The van der Waals surface area contributed by atoms with E-state index in [-0.39, 0.29) is 30.4 Å². The number of hydrogen-bond acceptors (Lipinski definition) is 10. The number of rotatable bonds is 4. The van der Waals surface area contributed by atoms with Crippen molar-refractivity contribution in [2.24, 2.45) is 11.5 Å². The zero-order chi connectivity index (χ0) is 32.7. The molecule has 4 rings (SSSR count). The van der Waals surface area contributed by atoms with Crippen LogP contribution in [0, 0.1) is 6.92 Å². The first-order valence-electron chi connectivity index (χ1n) is 12.3. The molecule has 3 atom stereocenters. The zero-order valence-electron chi connectivity index (χ0n) is 22.3. The number of hydrogen-bond donors (Lipinski definition) is 4. The van der Waals surface area contributed by atoms with Gasteiger partial charge in [0.25, 0.3) is 5.91 Å². The Hall–Kier alpha value is -4.33. The largest absolute Gasteiger partial charge is 0.490 e. The summed E-state index contributed by atoms with van der Waals surface area (Å²) in [6.45, 7) is 2.73. The Bertz CT molecular complexity index is 1250. The van der Waals surface area contributed by atoms with Crippen LogP contribution in [0.3, 0.4) is 0 Å². The van der Waals surface area contributed by atoms with E-state index in [9.17, 15) is 35.9 Å². The molecule has 6 N–H and O–H groups in total. The Kier molecular flexibility index (Phi) is 11.5. The third-order valence-electron chi connectivity index (χ3n) is 6.22. The van der Waals surface area contributed by atoms with Crippen molar-refractivity contribution in [3.8, 4) is 11.4 Å². The summed E-state index contributed by atoms with van der Waals surface area (Å²) in [5.74, 6) is -5.36. The van der Waals surface area contributed by atoms with Gasteiger partial charge in [-0.2, -0.15) is 26.3 Å². The second-order valence-corrected chi connectivity index (χ2v) is 9.20. The van der Waals surface area contributed by atoms with Crippen LogP contribution in [0.5, 0.6) is 0 Å². The van der Waals surface area contributed by atoms with E-state index in [1.807, 2.05) is 4.90 Å². The van der Waals surface area contributed by atoms with Gasteiger partial charge in [-0.05, 0) is 32.3 Å². The minimum Gasteiger partial charge on any atom is -0.475 e. The summed E-state index contributed by atoms with van der Waals surface area (Å²) in [5, 5.41) is 18.3. The number of aliphatic carboxylic acids is 2. The number of fused-ring (bicyclic) bond motifs is 2. The molecule has 0 spiro atoms. The van der Waals surface area contributed by atoms with Crippen LogP contribution in [0.1, 0.15) is 35.4 Å². The Morgan fingerprint density at radius 1 is 1.05 bits per heavy atom. The molecule has 0 saturated carbocycles. The van der Waals surface area contributed by atoms with Crippen LogP contribution in [-0.2, 0) is 14.4 Å². The molecule has 14 nitrogen and oxygen atoms in total. The minimum absolute atomic E-state index is 0.0563. The molecule has 43 heavy (non-hydrogen) atoms. The van der Waals surface area contributed by atoms with Crippen molar-refractivity contribution in [3.63, 3.8) is 0 Å². The van der Waals surface area contributed by atoms with E-state index >= 15 is 0 Å². The predicted octanol–water partition coefficient (Wildman–Crippen LogP) is 1.20. The summed E-state index contributed by atoms with van der Waals surface area (Å²) in [6.07, 6.45) is -4.47. The number of carboxylic acid groups (broad SMARTS) is 2. The average molecular weight is 627 g/mol. The molecule has 2 saturated heterocycles. The van der Waals surface area contributed by atoms with Crippen LogP contribution >= 0.6 is 0 Å². The summed E-state index contributed by atoms with van der Waals surface area (Å²) < 4.78 is 68.8. The van der Waals surface area contributed by atoms with Crippen LogP contribution in [0.25, 0.3) is 11.4 Å². The normalized spacial score (nSPS) is 18.8. The summed E-state index contributed by atoms with van der Waals surface area (Å²) in [4.78, 5) is 55.7. The molecule has 2 aromatic heterocycles. The minimum atomic E-state index is -5.08. The number of likely N-dealkylation sites (tertiary alicyclic amines) is 1. The standard InChI is InChI=1S/C19H25N7O3.2C2HF3O2/c1-11-16(17(24-29-11)15-5-6-22-10-23-15)19(28)25-8-12-3-2-4-13(9-25)26(12)18(27)14(21)7-20;2*3-2(4,5)1(6)7/h5-6,10,12-14H,2-4,7-9,20-21H2,1H3;2*(H,6,7)/t12?,13?,14-;;/m0../s1. The van der Waals surface area contributed by atoms with Crippen molar-refractivity contribution in [2.75, 3.05) is 19.6 Å². The zero-order valence-corrected chi connectivity index (χ0v) is 22.3. The fraction of sp³-hybridized carbons (Fsp3) is 0.522. The van der Waals surface area contributed by atoms with Gasteiger partial charge in [0, 0.05) is 37.9 Å². The van der Waals surface area contributed by atoms with E-state index in [0.29, 0.717) is 35.8 Å². The number of amides is 2. The number of piperazine rings is 1. The molecule has 2 aliphatic rings. The molecule has 0 aromatic carbocycles. The molecule has 2 unspecified atom stereocenters. The number of halogens is 6. The second-order valence-electron chi connectivity index (χ2n) is 9.20. The van der Waals surface area contributed by atoms with E-state index in [1.54, 1.807) is 24.1 Å². The summed E-state index contributed by atoms with van der Waals surface area (Å²) >= 11 is 0. The lowest BCUT2D eigenvalue weighted by atomic mass is 9.90. The van der Waals surface area contributed by atoms with E-state index in [4.69, 9.17) is 35.8 Å². The average Bonchev–Trinajstić information content (AvgIpc) is 3.32. The highest BCUT2D eigenvalue weighted by Gasteiger charge is 2.43. The van der Waals surface area contributed by atoms with Gasteiger partial charge in [-0.3, -0.25) is 9.59 Å². The molecule has 20 heteroatoms. The fourth-order valence-electron chi connectivity index (χ4n) is 4.31. The van der Waals surface area contributed by atoms with Crippen molar-refractivity contribution < 1.29 is 60.3 Å². The van der Waals surface area contributed by atoms with Crippen molar-refractivity contribution in [3.05, 3.63) is 29.9 Å². The van der Waals surface area contributed by atoms with Crippen LogP contribution in [0.4, 0.5) is 26.3 Å². The number of carbonyl (C=O) groups is 4. The molecular formula is C23H27F6N7O7. The van der Waals surface area contributed by atoms with Gasteiger partial charge in [-0.25, -0.2) is 19.6 Å². The molecule has 2 fully saturated rings. The van der Waals surface area contributed by atoms with Gasteiger partial charge in [0.05, 0.1) is 11.7 Å². The molecule has 2 aliphatic heterocycles. The first-order chi connectivity index (χ1) is 19.9. The molecule has 4 heterocycles. The van der Waals surface area contributed by atoms with Crippen LogP contribution < -0.4 is 11.5 Å². The van der Waals surface area contributed by atoms with Crippen LogP contribution in [0.15, 0.2) is 23.1 Å². The maximum Gasteiger partial charge on any atom is 0.490 e. The van der Waals surface area contributed by atoms with Crippen molar-refractivity contribution >= 4 is 23.8 Å². The van der Waals surface area contributed by atoms with Crippen LogP contribution in [-0.4, -0.2) is 109 Å². The number of aryl methyl sites for hydroxylation is 1. The number of carbonyl (C=O) groups excluding carboxylic acids is 2. The summed E-state index contributed by atoms with van der Waals surface area (Å²) in [6, 6.07) is 0.872. The Morgan fingerprint density at radius 2 is 1.56 bits per heavy atom. The Labute approximate surface area is 238 Å². The van der Waals surface area contributed by atoms with Gasteiger partial charge in [0.1, 0.15) is 23.3 Å². The highest BCUT2D eigenvalue weighted by Crippen LogP contribution is 2.32. The van der Waals surface area contributed by atoms with Gasteiger partial charge in [0.15, 0.2) is 0 Å². The molecule has 2 bridgehead atoms. The first kappa shape index (κ1) is 34.9. The summed E-state index contributed by atoms with van der Waals surface area (Å²) in [5.41, 5.74) is 12.8. The number of nitrogens with zero attached hydrogens (tertiary/aromatic N) is 5. The van der Waals surface area contributed by atoms with E-state index in [2.05, 4.69) is 15.1 Å². The van der Waals surface area contributed by atoms with Gasteiger partial charge in [0.2, 0.25) is 5.91 Å². The summed E-state index contributed by atoms with van der Waals surface area (Å²) in [7, 11) is 0. The van der Waals surface area contributed by atoms with Gasteiger partial charge in [-0.15, -0.1) is 0 Å². The van der Waals surface area contributed by atoms with Gasteiger partial charge >= 0.3 is 24.3 Å². The maximum atomic E-state index is 13.4. The van der Waals surface area contributed by atoms with Crippen LogP contribution in [0.2, 0.25) is 0 Å². The topological polar surface area (TPSA) is 219 Å². The lowest BCUT2D eigenvalue weighted by Crippen LogP contribution is -2.66. The van der Waals surface area contributed by atoms with Crippen molar-refractivity contribution in [1.82, 2.24) is 24.9 Å². The number of aromatic nitrogens is 3. The molecular weight excluding hydrogens is 600 g/mol. The third-order valence-corrected chi connectivity index (χ3v) is 6.22. The van der Waals surface area contributed by atoms with Crippen molar-refractivity contribution in [2.45, 2.75) is 56.7 Å². The smallest absolute Gasteiger partial charge is 0.475 e. The number of carboxylic acids is 2. The van der Waals surface area contributed by atoms with E-state index in [0.717, 1.165) is 19.3 Å².